The fourth-order valence-electron chi connectivity index (χ4n) is 1.81. The molecule has 0 spiro atoms. The van der Waals surface area contributed by atoms with E-state index in [0.717, 1.165) is 12.1 Å². The van der Waals surface area contributed by atoms with E-state index in [-0.39, 0.29) is 11.4 Å². The predicted molar refractivity (Wildman–Crippen MR) is 80.2 cm³/mol. The van der Waals surface area contributed by atoms with Crippen molar-refractivity contribution in [3.8, 4) is 5.75 Å². The molecule has 0 saturated carbocycles. The van der Waals surface area contributed by atoms with Gasteiger partial charge in [0.05, 0.1) is 10.6 Å². The summed E-state index contributed by atoms with van der Waals surface area (Å²) < 4.78 is 66.5. The van der Waals surface area contributed by atoms with Crippen LogP contribution in [0, 0.1) is 5.82 Å². The van der Waals surface area contributed by atoms with Gasteiger partial charge in [-0.3, -0.25) is 4.79 Å². The molecule has 0 aliphatic heterocycles. The number of carbonyl (C=O) groups is 1. The van der Waals surface area contributed by atoms with Gasteiger partial charge in [0.15, 0.2) is 6.61 Å². The number of halogens is 3. The van der Waals surface area contributed by atoms with Gasteiger partial charge in [-0.25, -0.2) is 12.8 Å². The first-order chi connectivity index (χ1) is 11.3. The van der Waals surface area contributed by atoms with E-state index < -0.39 is 38.8 Å². The molecule has 2 rings (SSSR count). The summed E-state index contributed by atoms with van der Waals surface area (Å²) in [5.41, 5.74) is -0.286. The molecule has 0 bridgehead atoms. The molecule has 2 aromatic rings. The molecule has 5 nitrogen and oxygen atoms in total. The lowest BCUT2D eigenvalue weighted by Crippen LogP contribution is -2.22. The zero-order valence-corrected chi connectivity index (χ0v) is 12.9. The van der Waals surface area contributed by atoms with Gasteiger partial charge in [0.1, 0.15) is 11.6 Å². The Balaban J connectivity index is 2.10. The van der Waals surface area contributed by atoms with Crippen molar-refractivity contribution in [2.45, 2.75) is 10.7 Å². The molecule has 1 amide bonds. The van der Waals surface area contributed by atoms with Crippen LogP contribution in [-0.4, -0.2) is 26.7 Å². The Morgan fingerprint density at radius 1 is 1.12 bits per heavy atom. The van der Waals surface area contributed by atoms with Crippen LogP contribution in [0.2, 0.25) is 0 Å². The smallest absolute Gasteiger partial charge is 0.341 e. The van der Waals surface area contributed by atoms with Crippen LogP contribution < -0.4 is 10.1 Å². The minimum Gasteiger partial charge on any atom is -0.484 e. The second-order valence-corrected chi connectivity index (χ2v) is 6.48. The summed E-state index contributed by atoms with van der Waals surface area (Å²) in [6, 6.07) is 9.83. The molecule has 0 radical (unpaired) electrons. The second-order valence-electron chi connectivity index (χ2n) is 4.60. The van der Waals surface area contributed by atoms with Gasteiger partial charge in [-0.15, -0.1) is 0 Å². The Labute approximate surface area is 136 Å². The third-order valence-corrected chi connectivity index (χ3v) is 4.31. The van der Waals surface area contributed by atoms with Crippen LogP contribution >= 0.6 is 0 Å². The molecule has 0 heterocycles. The minimum absolute atomic E-state index is 0.0960. The molecule has 24 heavy (non-hydrogen) atoms. The second kappa shape index (κ2) is 7.35. The number of alkyl halides is 2. The van der Waals surface area contributed by atoms with Crippen molar-refractivity contribution in [2.24, 2.45) is 0 Å². The highest BCUT2D eigenvalue weighted by Gasteiger charge is 2.29. The fraction of sp³-hybridized carbons (Fsp3) is 0.133. The molecular formula is C15H12F3NO4S. The van der Waals surface area contributed by atoms with Crippen molar-refractivity contribution < 1.29 is 31.1 Å². The molecule has 0 aliphatic rings. The highest BCUT2D eigenvalue weighted by molar-refractivity contribution is 7.91. The Morgan fingerprint density at radius 3 is 2.50 bits per heavy atom. The van der Waals surface area contributed by atoms with Gasteiger partial charge in [-0.2, -0.15) is 8.78 Å². The lowest BCUT2D eigenvalue weighted by Gasteiger charge is -2.11. The van der Waals surface area contributed by atoms with E-state index in [9.17, 15) is 26.4 Å². The number of carbonyl (C=O) groups excluding carboxylic acids is 1. The summed E-state index contributed by atoms with van der Waals surface area (Å²) in [5.74, 6) is -4.85. The number of anilines is 1. The predicted octanol–water partition coefficient (Wildman–Crippen LogP) is 2.84. The average Bonchev–Trinajstić information content (AvgIpc) is 2.53. The standard InChI is InChI=1S/C15H12F3NO4S/c16-10-4-3-5-11(8-10)23-9-14(20)19-12-6-1-2-7-13(12)24(21,22)15(17)18/h1-8,15H,9H2,(H,19,20). The summed E-state index contributed by atoms with van der Waals surface area (Å²) in [6.45, 7) is -0.549. The molecule has 128 valence electrons. The average molecular weight is 359 g/mol. The number of sulfone groups is 1. The Bertz CT molecular complexity index is 840. The Morgan fingerprint density at radius 2 is 1.83 bits per heavy atom. The summed E-state index contributed by atoms with van der Waals surface area (Å²) in [7, 11) is -4.86. The van der Waals surface area contributed by atoms with Crippen molar-refractivity contribution >= 4 is 21.4 Å². The van der Waals surface area contributed by atoms with E-state index in [1.807, 2.05) is 0 Å². The molecule has 0 saturated heterocycles. The first-order valence-corrected chi connectivity index (χ1v) is 8.14. The van der Waals surface area contributed by atoms with Crippen molar-refractivity contribution in [3.63, 3.8) is 0 Å². The topological polar surface area (TPSA) is 72.5 Å². The summed E-state index contributed by atoms with van der Waals surface area (Å²) in [5, 5.41) is 2.19. The Hall–Kier alpha value is -2.55. The van der Waals surface area contributed by atoms with Gasteiger partial charge in [-0.1, -0.05) is 18.2 Å². The number of amides is 1. The number of rotatable bonds is 6. The Kier molecular flexibility index (Phi) is 5.45. The van der Waals surface area contributed by atoms with Crippen LogP contribution in [0.4, 0.5) is 18.9 Å². The van der Waals surface area contributed by atoms with E-state index in [1.54, 1.807) is 0 Å². The highest BCUT2D eigenvalue weighted by Crippen LogP contribution is 2.26. The van der Waals surface area contributed by atoms with Crippen LogP contribution in [0.3, 0.4) is 0 Å². The van der Waals surface area contributed by atoms with Crippen molar-refractivity contribution in [2.75, 3.05) is 11.9 Å². The van der Waals surface area contributed by atoms with Crippen LogP contribution in [0.5, 0.6) is 5.75 Å². The van der Waals surface area contributed by atoms with Crippen LogP contribution in [0.1, 0.15) is 0 Å². The van der Waals surface area contributed by atoms with Gasteiger partial charge in [0.25, 0.3) is 5.91 Å². The normalized spacial score (nSPS) is 11.3. The maximum Gasteiger partial charge on any atom is 0.341 e. The minimum atomic E-state index is -4.86. The first kappa shape index (κ1) is 17.8. The van der Waals surface area contributed by atoms with E-state index in [2.05, 4.69) is 5.32 Å². The molecule has 9 heteroatoms. The zero-order chi connectivity index (χ0) is 17.7. The van der Waals surface area contributed by atoms with E-state index in [0.29, 0.717) is 0 Å². The SMILES string of the molecule is O=C(COc1cccc(F)c1)Nc1ccccc1S(=O)(=O)C(F)F. The molecule has 1 N–H and O–H groups in total. The van der Waals surface area contributed by atoms with Gasteiger partial charge in [0.2, 0.25) is 9.84 Å². The number of benzene rings is 2. The maximum absolute atomic E-state index is 13.0. The monoisotopic (exact) mass is 359 g/mol. The van der Waals surface area contributed by atoms with Crippen molar-refractivity contribution in [3.05, 3.63) is 54.3 Å². The zero-order valence-electron chi connectivity index (χ0n) is 12.1. The molecule has 0 aliphatic carbocycles. The van der Waals surface area contributed by atoms with Gasteiger partial charge >= 0.3 is 5.76 Å². The summed E-state index contributed by atoms with van der Waals surface area (Å²) in [4.78, 5) is 11.1. The van der Waals surface area contributed by atoms with E-state index >= 15 is 0 Å². The molecule has 0 fully saturated rings. The highest BCUT2D eigenvalue weighted by atomic mass is 32.2. The van der Waals surface area contributed by atoms with Crippen molar-refractivity contribution in [1.29, 1.82) is 0 Å². The molecule has 2 aromatic carbocycles. The summed E-state index contributed by atoms with van der Waals surface area (Å²) in [6.07, 6.45) is 0. The van der Waals surface area contributed by atoms with Crippen LogP contribution in [0.15, 0.2) is 53.4 Å². The lowest BCUT2D eigenvalue weighted by molar-refractivity contribution is -0.118. The summed E-state index contributed by atoms with van der Waals surface area (Å²) >= 11 is 0. The fourth-order valence-corrected chi connectivity index (χ4v) is 2.69. The third-order valence-electron chi connectivity index (χ3n) is 2.87. The molecule has 0 unspecified atom stereocenters. The first-order valence-electron chi connectivity index (χ1n) is 6.60. The van der Waals surface area contributed by atoms with Crippen molar-refractivity contribution in [1.82, 2.24) is 0 Å². The van der Waals surface area contributed by atoms with E-state index in [4.69, 9.17) is 4.74 Å². The number of ether oxygens (including phenoxy) is 1. The number of hydrogen-bond donors (Lipinski definition) is 1. The number of hydrogen-bond acceptors (Lipinski definition) is 4. The van der Waals surface area contributed by atoms with Gasteiger partial charge < -0.3 is 10.1 Å². The number of para-hydroxylation sites is 1. The van der Waals surface area contributed by atoms with E-state index in [1.165, 1.54) is 36.4 Å². The third kappa shape index (κ3) is 4.25. The quantitative estimate of drug-likeness (QED) is 0.861. The molecule has 0 aromatic heterocycles. The van der Waals surface area contributed by atoms with Gasteiger partial charge in [0, 0.05) is 6.07 Å². The largest absolute Gasteiger partial charge is 0.484 e. The lowest BCUT2D eigenvalue weighted by atomic mass is 10.3. The van der Waals surface area contributed by atoms with Crippen LogP contribution in [-0.2, 0) is 14.6 Å². The van der Waals surface area contributed by atoms with Crippen LogP contribution in [0.25, 0.3) is 0 Å². The molecular weight excluding hydrogens is 347 g/mol. The maximum atomic E-state index is 13.0. The number of nitrogens with one attached hydrogen (secondary N) is 1. The molecule has 0 atom stereocenters. The van der Waals surface area contributed by atoms with Gasteiger partial charge in [-0.05, 0) is 24.3 Å².